The van der Waals surface area contributed by atoms with Gasteiger partial charge in [-0.1, -0.05) is 0 Å². The number of carbonyl (C=O) groups is 1. The molecule has 0 spiro atoms. The summed E-state index contributed by atoms with van der Waals surface area (Å²) in [6.07, 6.45) is -0.163. The molecule has 6 heteroatoms. The zero-order valence-corrected chi connectivity index (χ0v) is 10.0. The normalized spacial score (nSPS) is 21.9. The van der Waals surface area contributed by atoms with Crippen molar-refractivity contribution in [3.63, 3.8) is 0 Å². The van der Waals surface area contributed by atoms with Crippen LogP contribution in [-0.4, -0.2) is 29.9 Å². The molecule has 1 N–H and O–H groups in total. The number of benzene rings is 1. The van der Waals surface area contributed by atoms with Gasteiger partial charge < -0.3 is 14.6 Å². The van der Waals surface area contributed by atoms with Crippen molar-refractivity contribution in [2.24, 2.45) is 0 Å². The lowest BCUT2D eigenvalue weighted by molar-refractivity contribution is -0.149. The van der Waals surface area contributed by atoms with Crippen LogP contribution in [-0.2, 0) is 9.53 Å². The molecule has 0 aliphatic carbocycles. The molecule has 1 aromatic carbocycles. The standard InChI is InChI=1S/C13H12FNO4/c14-10-5-8(6-15)1-3-11(10)18-7-9-2-4-12(19-9)13(16)17/h1,3,5,9,12H,2,4,7H2,(H,16,17). The average molecular weight is 265 g/mol. The summed E-state index contributed by atoms with van der Waals surface area (Å²) in [7, 11) is 0. The average Bonchev–Trinajstić information content (AvgIpc) is 2.86. The first-order valence-corrected chi connectivity index (χ1v) is 5.81. The van der Waals surface area contributed by atoms with E-state index >= 15 is 0 Å². The van der Waals surface area contributed by atoms with Gasteiger partial charge in [-0.05, 0) is 31.0 Å². The van der Waals surface area contributed by atoms with Crippen LogP contribution in [0.4, 0.5) is 4.39 Å². The Bertz CT molecular complexity index is 526. The largest absolute Gasteiger partial charge is 0.488 e. The van der Waals surface area contributed by atoms with Crippen molar-refractivity contribution < 1.29 is 23.8 Å². The van der Waals surface area contributed by atoms with Gasteiger partial charge in [0.1, 0.15) is 6.61 Å². The number of carboxylic acid groups (broad SMARTS) is 1. The Labute approximate surface area is 109 Å². The molecule has 1 fully saturated rings. The van der Waals surface area contributed by atoms with E-state index in [0.29, 0.717) is 12.8 Å². The molecule has 1 aromatic rings. The third kappa shape index (κ3) is 3.20. The van der Waals surface area contributed by atoms with Gasteiger partial charge in [0.15, 0.2) is 17.7 Å². The molecule has 1 heterocycles. The molecule has 100 valence electrons. The van der Waals surface area contributed by atoms with E-state index in [1.54, 1.807) is 0 Å². The Hall–Kier alpha value is -2.13. The van der Waals surface area contributed by atoms with Crippen LogP contribution in [0, 0.1) is 17.1 Å². The second kappa shape index (κ2) is 5.67. The van der Waals surface area contributed by atoms with Crippen LogP contribution in [0.2, 0.25) is 0 Å². The number of rotatable bonds is 4. The van der Waals surface area contributed by atoms with Crippen molar-refractivity contribution in [1.29, 1.82) is 5.26 Å². The monoisotopic (exact) mass is 265 g/mol. The molecule has 0 saturated carbocycles. The molecule has 2 rings (SSSR count). The minimum Gasteiger partial charge on any atom is -0.488 e. The summed E-state index contributed by atoms with van der Waals surface area (Å²) in [5, 5.41) is 17.4. The minimum absolute atomic E-state index is 0.0291. The highest BCUT2D eigenvalue weighted by atomic mass is 19.1. The molecule has 0 aromatic heterocycles. The first-order chi connectivity index (χ1) is 9.10. The number of carboxylic acids is 1. The van der Waals surface area contributed by atoms with Crippen LogP contribution >= 0.6 is 0 Å². The highest BCUT2D eigenvalue weighted by molar-refractivity contribution is 5.72. The van der Waals surface area contributed by atoms with E-state index in [2.05, 4.69) is 0 Å². The molecule has 0 radical (unpaired) electrons. The SMILES string of the molecule is N#Cc1ccc(OCC2CCC(C(=O)O)O2)c(F)c1. The quantitative estimate of drug-likeness (QED) is 0.896. The molecule has 0 bridgehead atoms. The third-order valence-corrected chi connectivity index (χ3v) is 2.87. The first kappa shape index (κ1) is 13.3. The van der Waals surface area contributed by atoms with Crippen LogP contribution in [0.1, 0.15) is 18.4 Å². The number of ether oxygens (including phenoxy) is 2. The Morgan fingerprint density at radius 3 is 2.95 bits per heavy atom. The fraction of sp³-hybridized carbons (Fsp3) is 0.385. The van der Waals surface area contributed by atoms with E-state index < -0.39 is 17.9 Å². The molecule has 2 unspecified atom stereocenters. The minimum atomic E-state index is -0.993. The number of nitrogens with zero attached hydrogens (tertiary/aromatic N) is 1. The molecule has 1 saturated heterocycles. The van der Waals surface area contributed by atoms with E-state index in [9.17, 15) is 9.18 Å². The van der Waals surface area contributed by atoms with Gasteiger partial charge in [0.25, 0.3) is 0 Å². The summed E-state index contributed by atoms with van der Waals surface area (Å²) < 4.78 is 24.0. The number of nitriles is 1. The summed E-state index contributed by atoms with van der Waals surface area (Å²) in [6, 6.07) is 5.74. The van der Waals surface area contributed by atoms with Gasteiger partial charge in [-0.15, -0.1) is 0 Å². The third-order valence-electron chi connectivity index (χ3n) is 2.87. The second-order valence-electron chi connectivity index (χ2n) is 4.23. The lowest BCUT2D eigenvalue weighted by atomic mass is 10.2. The van der Waals surface area contributed by atoms with Crippen molar-refractivity contribution in [3.05, 3.63) is 29.6 Å². The Balaban J connectivity index is 1.90. The first-order valence-electron chi connectivity index (χ1n) is 5.81. The number of hydrogen-bond acceptors (Lipinski definition) is 4. The van der Waals surface area contributed by atoms with Crippen LogP contribution in [0.15, 0.2) is 18.2 Å². The topological polar surface area (TPSA) is 79.5 Å². The van der Waals surface area contributed by atoms with Gasteiger partial charge >= 0.3 is 5.97 Å². The Kier molecular flexibility index (Phi) is 3.97. The van der Waals surface area contributed by atoms with Gasteiger partial charge in [0.05, 0.1) is 17.7 Å². The maximum absolute atomic E-state index is 13.5. The number of halogens is 1. The van der Waals surface area contributed by atoms with Gasteiger partial charge in [-0.25, -0.2) is 9.18 Å². The molecular weight excluding hydrogens is 253 g/mol. The van der Waals surface area contributed by atoms with Gasteiger partial charge in [-0.2, -0.15) is 5.26 Å². The second-order valence-corrected chi connectivity index (χ2v) is 4.23. The predicted molar refractivity (Wildman–Crippen MR) is 62.1 cm³/mol. The molecule has 2 atom stereocenters. The van der Waals surface area contributed by atoms with E-state index in [-0.39, 0.29) is 24.0 Å². The molecule has 19 heavy (non-hydrogen) atoms. The summed E-state index contributed by atoms with van der Waals surface area (Å²) in [4.78, 5) is 10.7. The molecule has 5 nitrogen and oxygen atoms in total. The van der Waals surface area contributed by atoms with Crippen LogP contribution < -0.4 is 4.74 Å². The fourth-order valence-electron chi connectivity index (χ4n) is 1.88. The van der Waals surface area contributed by atoms with E-state index in [1.807, 2.05) is 6.07 Å². The Morgan fingerprint density at radius 1 is 1.58 bits per heavy atom. The van der Waals surface area contributed by atoms with Crippen molar-refractivity contribution >= 4 is 5.97 Å². The lowest BCUT2D eigenvalue weighted by Crippen LogP contribution is -2.23. The molecule has 1 aliphatic rings. The maximum atomic E-state index is 13.5. The summed E-state index contributed by atoms with van der Waals surface area (Å²) >= 11 is 0. The van der Waals surface area contributed by atoms with Crippen LogP contribution in [0.3, 0.4) is 0 Å². The van der Waals surface area contributed by atoms with Crippen molar-refractivity contribution in [2.45, 2.75) is 25.0 Å². The van der Waals surface area contributed by atoms with Crippen LogP contribution in [0.5, 0.6) is 5.75 Å². The Morgan fingerprint density at radius 2 is 2.37 bits per heavy atom. The number of hydrogen-bond donors (Lipinski definition) is 1. The van der Waals surface area contributed by atoms with E-state index in [0.717, 1.165) is 6.07 Å². The zero-order valence-electron chi connectivity index (χ0n) is 10.0. The van der Waals surface area contributed by atoms with E-state index in [1.165, 1.54) is 12.1 Å². The van der Waals surface area contributed by atoms with Crippen LogP contribution in [0.25, 0.3) is 0 Å². The van der Waals surface area contributed by atoms with E-state index in [4.69, 9.17) is 19.8 Å². The van der Waals surface area contributed by atoms with Gasteiger partial charge in [0.2, 0.25) is 0 Å². The summed E-state index contributed by atoms with van der Waals surface area (Å²) in [5.41, 5.74) is 0.216. The zero-order chi connectivity index (χ0) is 13.8. The number of aliphatic carboxylic acids is 1. The predicted octanol–water partition coefficient (Wildman–Crippen LogP) is 1.71. The highest BCUT2D eigenvalue weighted by Crippen LogP contribution is 2.23. The van der Waals surface area contributed by atoms with Gasteiger partial charge in [-0.3, -0.25) is 0 Å². The van der Waals surface area contributed by atoms with Crippen molar-refractivity contribution in [3.8, 4) is 11.8 Å². The highest BCUT2D eigenvalue weighted by Gasteiger charge is 2.30. The maximum Gasteiger partial charge on any atom is 0.332 e. The fourth-order valence-corrected chi connectivity index (χ4v) is 1.88. The lowest BCUT2D eigenvalue weighted by Gasteiger charge is -2.13. The molecule has 0 amide bonds. The summed E-state index contributed by atoms with van der Waals surface area (Å²) in [6.45, 7) is 0.0899. The molecular formula is C13H12FNO4. The smallest absolute Gasteiger partial charge is 0.332 e. The van der Waals surface area contributed by atoms with Crippen molar-refractivity contribution in [1.82, 2.24) is 0 Å². The van der Waals surface area contributed by atoms with Crippen molar-refractivity contribution in [2.75, 3.05) is 6.61 Å². The molecule has 1 aliphatic heterocycles. The summed E-state index contributed by atoms with van der Waals surface area (Å²) in [5.74, 6) is -1.58. The van der Waals surface area contributed by atoms with Gasteiger partial charge in [0, 0.05) is 0 Å².